The number of para-hydroxylation sites is 2. The van der Waals surface area contributed by atoms with Crippen molar-refractivity contribution in [3.05, 3.63) is 96.3 Å². The van der Waals surface area contributed by atoms with Gasteiger partial charge in [0.15, 0.2) is 0 Å². The largest absolute Gasteiger partial charge is 0.491 e. The zero-order valence-electron chi connectivity index (χ0n) is 19.8. The number of aryl methyl sites for hydroxylation is 1. The molecule has 0 aliphatic carbocycles. The van der Waals surface area contributed by atoms with E-state index in [0.29, 0.717) is 12.3 Å². The number of rotatable bonds is 13. The Kier molecular flexibility index (Phi) is 8.48. The number of ether oxygens (including phenoxy) is 1. The molecular weight excluding hydrogens is 440 g/mol. The summed E-state index contributed by atoms with van der Waals surface area (Å²) in [6.07, 6.45) is 2.39. The minimum absolute atomic E-state index is 0.187. The van der Waals surface area contributed by atoms with Gasteiger partial charge in [-0.25, -0.2) is 4.98 Å². The number of primary amides is 1. The molecule has 4 rings (SSSR count). The predicted molar refractivity (Wildman–Crippen MR) is 137 cm³/mol. The van der Waals surface area contributed by atoms with Crippen LogP contribution in [-0.4, -0.2) is 51.3 Å². The van der Waals surface area contributed by atoms with E-state index in [2.05, 4.69) is 32.7 Å². The second kappa shape index (κ2) is 12.1. The van der Waals surface area contributed by atoms with Crippen molar-refractivity contribution in [3.63, 3.8) is 0 Å². The van der Waals surface area contributed by atoms with E-state index in [9.17, 15) is 9.90 Å². The fourth-order valence-electron chi connectivity index (χ4n) is 4.18. The summed E-state index contributed by atoms with van der Waals surface area (Å²) in [7, 11) is 0. The van der Waals surface area contributed by atoms with Crippen LogP contribution in [0, 0.1) is 0 Å². The van der Waals surface area contributed by atoms with E-state index in [0.717, 1.165) is 42.7 Å². The Labute approximate surface area is 205 Å². The Bertz CT molecular complexity index is 1210. The van der Waals surface area contributed by atoms with E-state index in [1.54, 1.807) is 12.1 Å². The highest BCUT2D eigenvalue weighted by Crippen LogP contribution is 2.15. The Morgan fingerprint density at radius 2 is 1.74 bits per heavy atom. The second-order valence-corrected chi connectivity index (χ2v) is 8.75. The molecular formula is C28H32N4O3. The SMILES string of the molecule is NC(=O)Cc1ccc(OCC(O)CN(CCCn2cnc3ccccc32)Cc2ccccc2)cc1. The lowest BCUT2D eigenvalue weighted by molar-refractivity contribution is -0.117. The van der Waals surface area contributed by atoms with Crippen LogP contribution in [-0.2, 0) is 24.3 Å². The molecule has 182 valence electrons. The van der Waals surface area contributed by atoms with Gasteiger partial charge in [0.2, 0.25) is 5.91 Å². The molecule has 7 nitrogen and oxygen atoms in total. The molecule has 3 aromatic carbocycles. The highest BCUT2D eigenvalue weighted by Gasteiger charge is 2.14. The molecule has 0 radical (unpaired) electrons. The van der Waals surface area contributed by atoms with E-state index >= 15 is 0 Å². The lowest BCUT2D eigenvalue weighted by Crippen LogP contribution is -2.36. The van der Waals surface area contributed by atoms with Gasteiger partial charge in [0.1, 0.15) is 18.5 Å². The zero-order chi connectivity index (χ0) is 24.5. The first-order valence-corrected chi connectivity index (χ1v) is 11.9. The van der Waals surface area contributed by atoms with Crippen LogP contribution in [0.25, 0.3) is 11.0 Å². The maximum atomic E-state index is 11.1. The van der Waals surface area contributed by atoms with Gasteiger partial charge in [0.25, 0.3) is 0 Å². The molecule has 1 unspecified atom stereocenters. The van der Waals surface area contributed by atoms with Crippen molar-refractivity contribution in [1.29, 1.82) is 0 Å². The molecule has 0 aliphatic heterocycles. The molecule has 4 aromatic rings. The monoisotopic (exact) mass is 472 g/mol. The molecule has 1 amide bonds. The fourth-order valence-corrected chi connectivity index (χ4v) is 4.18. The quantitative estimate of drug-likeness (QED) is 0.311. The second-order valence-electron chi connectivity index (χ2n) is 8.75. The number of carbonyl (C=O) groups excluding carboxylic acids is 1. The third kappa shape index (κ3) is 7.40. The Morgan fingerprint density at radius 1 is 1.00 bits per heavy atom. The summed E-state index contributed by atoms with van der Waals surface area (Å²) in [4.78, 5) is 17.8. The molecule has 0 saturated heterocycles. The predicted octanol–water partition coefficient (Wildman–Crippen LogP) is 3.40. The Balaban J connectivity index is 1.31. The van der Waals surface area contributed by atoms with Gasteiger partial charge in [-0.1, -0.05) is 54.6 Å². The summed E-state index contributed by atoms with van der Waals surface area (Å²) in [6.45, 7) is 3.13. The number of benzene rings is 3. The molecule has 3 N–H and O–H groups in total. The first-order chi connectivity index (χ1) is 17.1. The van der Waals surface area contributed by atoms with Crippen LogP contribution in [0.5, 0.6) is 5.75 Å². The van der Waals surface area contributed by atoms with E-state index in [4.69, 9.17) is 10.5 Å². The number of nitrogens with zero attached hydrogens (tertiary/aromatic N) is 3. The summed E-state index contributed by atoms with van der Waals surface area (Å²) in [5.41, 5.74) is 9.42. The number of fused-ring (bicyclic) bond motifs is 1. The van der Waals surface area contributed by atoms with Gasteiger partial charge in [-0.3, -0.25) is 9.69 Å². The van der Waals surface area contributed by atoms with E-state index in [1.807, 2.05) is 54.9 Å². The van der Waals surface area contributed by atoms with Gasteiger partial charge in [0.05, 0.1) is 23.8 Å². The van der Waals surface area contributed by atoms with E-state index < -0.39 is 6.10 Å². The van der Waals surface area contributed by atoms with Gasteiger partial charge >= 0.3 is 0 Å². The molecule has 1 heterocycles. The average molecular weight is 473 g/mol. The van der Waals surface area contributed by atoms with Crippen LogP contribution >= 0.6 is 0 Å². The highest BCUT2D eigenvalue weighted by molar-refractivity contribution is 5.76. The fraction of sp³-hybridized carbons (Fsp3) is 0.286. The summed E-state index contributed by atoms with van der Waals surface area (Å²) >= 11 is 0. The number of hydrogen-bond acceptors (Lipinski definition) is 5. The molecule has 0 saturated carbocycles. The smallest absolute Gasteiger partial charge is 0.221 e. The molecule has 7 heteroatoms. The van der Waals surface area contributed by atoms with Crippen molar-refractivity contribution in [2.75, 3.05) is 19.7 Å². The Morgan fingerprint density at radius 3 is 2.51 bits per heavy atom. The molecule has 1 atom stereocenters. The van der Waals surface area contributed by atoms with Crippen LogP contribution < -0.4 is 10.5 Å². The third-order valence-electron chi connectivity index (χ3n) is 5.86. The number of aliphatic hydroxyl groups excluding tert-OH is 1. The van der Waals surface area contributed by atoms with E-state index in [1.165, 1.54) is 5.56 Å². The molecule has 0 aliphatic rings. The maximum Gasteiger partial charge on any atom is 0.221 e. The zero-order valence-corrected chi connectivity index (χ0v) is 19.8. The minimum atomic E-state index is -0.641. The average Bonchev–Trinajstić information content (AvgIpc) is 3.27. The number of nitrogens with two attached hydrogens (primary N) is 1. The first-order valence-electron chi connectivity index (χ1n) is 11.9. The molecule has 1 aromatic heterocycles. The van der Waals surface area contributed by atoms with Crippen molar-refractivity contribution >= 4 is 16.9 Å². The van der Waals surface area contributed by atoms with Gasteiger partial charge in [-0.2, -0.15) is 0 Å². The van der Waals surface area contributed by atoms with Crippen molar-refractivity contribution in [2.24, 2.45) is 5.73 Å². The van der Waals surface area contributed by atoms with Gasteiger partial charge in [0, 0.05) is 26.2 Å². The third-order valence-corrected chi connectivity index (χ3v) is 5.86. The number of amides is 1. The number of hydrogen-bond donors (Lipinski definition) is 2. The number of aromatic nitrogens is 2. The van der Waals surface area contributed by atoms with Crippen molar-refractivity contribution < 1.29 is 14.6 Å². The topological polar surface area (TPSA) is 93.6 Å². The number of imidazole rings is 1. The standard InChI is InChI=1S/C28H32N4O3/c29-28(34)17-22-11-13-25(14-12-22)35-20-24(33)19-31(18-23-7-2-1-3-8-23)15-6-16-32-21-30-26-9-4-5-10-27(26)32/h1-5,7-14,21,24,33H,6,15-20H2,(H2,29,34). The van der Waals surface area contributed by atoms with Crippen LogP contribution in [0.3, 0.4) is 0 Å². The lowest BCUT2D eigenvalue weighted by Gasteiger charge is -2.25. The van der Waals surface area contributed by atoms with E-state index in [-0.39, 0.29) is 18.9 Å². The molecule has 0 bridgehead atoms. The van der Waals surface area contributed by atoms with Crippen molar-refractivity contribution in [2.45, 2.75) is 32.0 Å². The first kappa shape index (κ1) is 24.4. The molecule has 0 fully saturated rings. The minimum Gasteiger partial charge on any atom is -0.491 e. The molecule has 35 heavy (non-hydrogen) atoms. The summed E-state index contributed by atoms with van der Waals surface area (Å²) < 4.78 is 7.96. The van der Waals surface area contributed by atoms with Gasteiger partial charge in [-0.15, -0.1) is 0 Å². The normalized spacial score (nSPS) is 12.2. The number of carbonyl (C=O) groups is 1. The van der Waals surface area contributed by atoms with Crippen molar-refractivity contribution in [1.82, 2.24) is 14.5 Å². The molecule has 0 spiro atoms. The van der Waals surface area contributed by atoms with Crippen molar-refractivity contribution in [3.8, 4) is 5.75 Å². The van der Waals surface area contributed by atoms with Crippen LogP contribution in [0.4, 0.5) is 0 Å². The summed E-state index contributed by atoms with van der Waals surface area (Å²) in [5.74, 6) is 0.285. The van der Waals surface area contributed by atoms with Crippen LogP contribution in [0.1, 0.15) is 17.5 Å². The van der Waals surface area contributed by atoms with Gasteiger partial charge in [-0.05, 0) is 41.8 Å². The lowest BCUT2D eigenvalue weighted by atomic mass is 10.1. The number of aliphatic hydroxyl groups is 1. The summed E-state index contributed by atoms with van der Waals surface area (Å²) in [6, 6.07) is 25.6. The van der Waals surface area contributed by atoms with Crippen LogP contribution in [0.2, 0.25) is 0 Å². The highest BCUT2D eigenvalue weighted by atomic mass is 16.5. The maximum absolute atomic E-state index is 11.1. The van der Waals surface area contributed by atoms with Crippen LogP contribution in [0.15, 0.2) is 85.2 Å². The Hall–Kier alpha value is -3.68. The summed E-state index contributed by atoms with van der Waals surface area (Å²) in [5, 5.41) is 10.7. The van der Waals surface area contributed by atoms with Gasteiger partial charge < -0.3 is 20.1 Å².